The van der Waals surface area contributed by atoms with Gasteiger partial charge in [-0.1, -0.05) is 31.2 Å². The molecule has 2 aliphatic rings. The van der Waals surface area contributed by atoms with Crippen LogP contribution in [0.3, 0.4) is 0 Å². The second-order valence-corrected chi connectivity index (χ2v) is 8.31. The van der Waals surface area contributed by atoms with Crippen molar-refractivity contribution in [3.8, 4) is 0 Å². The van der Waals surface area contributed by atoms with Crippen LogP contribution in [-0.4, -0.2) is 52.9 Å². The van der Waals surface area contributed by atoms with E-state index in [0.717, 1.165) is 50.4 Å². The molecule has 2 aromatic rings. The van der Waals surface area contributed by atoms with Gasteiger partial charge in [-0.25, -0.2) is 4.98 Å². The van der Waals surface area contributed by atoms with E-state index < -0.39 is 0 Å². The third kappa shape index (κ3) is 3.69. The van der Waals surface area contributed by atoms with Crippen LogP contribution in [0.4, 0.5) is 0 Å². The van der Waals surface area contributed by atoms with Gasteiger partial charge < -0.3 is 4.90 Å². The Morgan fingerprint density at radius 3 is 2.73 bits per heavy atom. The van der Waals surface area contributed by atoms with Crippen LogP contribution in [0.15, 0.2) is 29.6 Å². The molecule has 0 bridgehead atoms. The number of benzene rings is 1. The van der Waals surface area contributed by atoms with E-state index in [0.29, 0.717) is 11.7 Å². The Labute approximate surface area is 159 Å². The summed E-state index contributed by atoms with van der Waals surface area (Å²) < 4.78 is 0. The number of piperazine rings is 1. The lowest BCUT2D eigenvalue weighted by molar-refractivity contribution is 0.0548. The Morgan fingerprint density at radius 1 is 1.19 bits per heavy atom. The van der Waals surface area contributed by atoms with Crippen molar-refractivity contribution in [2.45, 2.75) is 45.1 Å². The smallest absolute Gasteiger partial charge is 0.273 e. The van der Waals surface area contributed by atoms with Crippen LogP contribution in [0, 0.1) is 0 Å². The zero-order valence-corrected chi connectivity index (χ0v) is 16.3. The van der Waals surface area contributed by atoms with Gasteiger partial charge in [0.05, 0.1) is 5.01 Å². The van der Waals surface area contributed by atoms with E-state index in [2.05, 4.69) is 41.1 Å². The minimum Gasteiger partial charge on any atom is -0.335 e. The van der Waals surface area contributed by atoms with Gasteiger partial charge in [-0.2, -0.15) is 0 Å². The van der Waals surface area contributed by atoms with Crippen molar-refractivity contribution < 1.29 is 4.79 Å². The number of rotatable bonds is 4. The highest BCUT2D eigenvalue weighted by Crippen LogP contribution is 2.25. The van der Waals surface area contributed by atoms with Gasteiger partial charge in [0.2, 0.25) is 0 Å². The molecule has 0 spiro atoms. The first-order valence-corrected chi connectivity index (χ1v) is 10.7. The van der Waals surface area contributed by atoms with Gasteiger partial charge in [0.25, 0.3) is 5.91 Å². The van der Waals surface area contributed by atoms with Crippen LogP contribution in [0.2, 0.25) is 0 Å². The fraction of sp³-hybridized carbons (Fsp3) is 0.524. The Bertz CT molecular complexity index is 764. The molecule has 1 aromatic heterocycles. The monoisotopic (exact) mass is 369 g/mol. The molecule has 26 heavy (non-hydrogen) atoms. The SMILES string of the molecule is CCCc1nc(C(=O)N2CCN([C@H]3CCc4ccccc4C3)CC2)cs1. The zero-order chi connectivity index (χ0) is 17.9. The van der Waals surface area contributed by atoms with Crippen LogP contribution in [-0.2, 0) is 19.3 Å². The number of carbonyl (C=O) groups is 1. The predicted molar refractivity (Wildman–Crippen MR) is 106 cm³/mol. The molecule has 2 heterocycles. The van der Waals surface area contributed by atoms with E-state index in [-0.39, 0.29) is 5.91 Å². The molecular weight excluding hydrogens is 342 g/mol. The highest BCUT2D eigenvalue weighted by Gasteiger charge is 2.29. The van der Waals surface area contributed by atoms with Crippen LogP contribution in [0.5, 0.6) is 0 Å². The van der Waals surface area contributed by atoms with Crippen molar-refractivity contribution >= 4 is 17.2 Å². The summed E-state index contributed by atoms with van der Waals surface area (Å²) in [5, 5.41) is 3.01. The number of nitrogens with zero attached hydrogens (tertiary/aromatic N) is 3. The molecule has 1 atom stereocenters. The highest BCUT2D eigenvalue weighted by atomic mass is 32.1. The zero-order valence-electron chi connectivity index (χ0n) is 15.5. The van der Waals surface area contributed by atoms with Gasteiger partial charge in [-0.3, -0.25) is 9.69 Å². The van der Waals surface area contributed by atoms with Crippen LogP contribution < -0.4 is 0 Å². The maximum absolute atomic E-state index is 12.7. The molecule has 4 nitrogen and oxygen atoms in total. The highest BCUT2D eigenvalue weighted by molar-refractivity contribution is 7.09. The summed E-state index contributed by atoms with van der Waals surface area (Å²) in [6.07, 6.45) is 5.60. The second kappa shape index (κ2) is 7.89. The fourth-order valence-corrected chi connectivity index (χ4v) is 5.05. The molecule has 0 radical (unpaired) electrons. The predicted octanol–water partition coefficient (Wildman–Crippen LogP) is 3.41. The standard InChI is InChI=1S/C21H27N3OS/c1-2-5-20-22-19(15-26-20)21(25)24-12-10-23(11-13-24)18-9-8-16-6-3-4-7-17(16)14-18/h3-4,6-7,15,18H,2,5,8-14H2,1H3/t18-/m0/s1. The molecule has 1 aliphatic heterocycles. The molecule has 4 rings (SSSR count). The van der Waals surface area contributed by atoms with E-state index in [4.69, 9.17) is 0 Å². The molecule has 138 valence electrons. The van der Waals surface area contributed by atoms with Gasteiger partial charge in [0, 0.05) is 37.6 Å². The maximum Gasteiger partial charge on any atom is 0.273 e. The number of amides is 1. The normalized spacial score (nSPS) is 20.8. The first kappa shape index (κ1) is 17.7. The summed E-state index contributed by atoms with van der Waals surface area (Å²) >= 11 is 1.61. The lowest BCUT2D eigenvalue weighted by atomic mass is 9.87. The molecule has 1 amide bonds. The van der Waals surface area contributed by atoms with Crippen molar-refractivity contribution in [3.05, 3.63) is 51.5 Å². The van der Waals surface area contributed by atoms with Crippen LogP contribution in [0.25, 0.3) is 0 Å². The molecule has 1 aliphatic carbocycles. The minimum atomic E-state index is 0.109. The maximum atomic E-state index is 12.7. The Kier molecular flexibility index (Phi) is 5.36. The molecular formula is C21H27N3OS. The second-order valence-electron chi connectivity index (χ2n) is 7.37. The van der Waals surface area contributed by atoms with Crippen molar-refractivity contribution in [3.63, 3.8) is 0 Å². The van der Waals surface area contributed by atoms with Gasteiger partial charge in [0.1, 0.15) is 5.69 Å². The third-order valence-corrected chi connectivity index (χ3v) is 6.58. The molecule has 0 saturated carbocycles. The molecule has 5 heteroatoms. The van der Waals surface area contributed by atoms with Gasteiger partial charge in [-0.15, -0.1) is 11.3 Å². The molecule has 1 fully saturated rings. The first-order valence-electron chi connectivity index (χ1n) is 9.79. The summed E-state index contributed by atoms with van der Waals surface area (Å²) in [6.45, 7) is 5.73. The van der Waals surface area contributed by atoms with Gasteiger partial charge in [0.15, 0.2) is 0 Å². The first-order chi connectivity index (χ1) is 12.7. The summed E-state index contributed by atoms with van der Waals surface area (Å²) in [5.74, 6) is 0.109. The lowest BCUT2D eigenvalue weighted by Crippen LogP contribution is -2.53. The van der Waals surface area contributed by atoms with Crippen molar-refractivity contribution in [1.29, 1.82) is 0 Å². The summed E-state index contributed by atoms with van der Waals surface area (Å²) in [6, 6.07) is 9.46. The average molecular weight is 370 g/mol. The van der Waals surface area contributed by atoms with E-state index in [1.165, 1.54) is 24.0 Å². The average Bonchev–Trinajstić information content (AvgIpc) is 3.16. The van der Waals surface area contributed by atoms with Crippen molar-refractivity contribution in [2.75, 3.05) is 26.2 Å². The Morgan fingerprint density at radius 2 is 1.96 bits per heavy atom. The van der Waals surface area contributed by atoms with E-state index in [9.17, 15) is 4.79 Å². The number of hydrogen-bond acceptors (Lipinski definition) is 4. The van der Waals surface area contributed by atoms with Gasteiger partial charge >= 0.3 is 0 Å². The van der Waals surface area contributed by atoms with Crippen LogP contribution >= 0.6 is 11.3 Å². The Balaban J connectivity index is 1.33. The summed E-state index contributed by atoms with van der Waals surface area (Å²) in [4.78, 5) is 21.8. The molecule has 0 unspecified atom stereocenters. The number of fused-ring (bicyclic) bond motifs is 1. The number of hydrogen-bond donors (Lipinski definition) is 0. The number of carbonyl (C=O) groups excluding carboxylic acids is 1. The molecule has 1 aromatic carbocycles. The third-order valence-electron chi connectivity index (χ3n) is 5.67. The number of aryl methyl sites for hydroxylation is 2. The fourth-order valence-electron chi connectivity index (χ4n) is 4.18. The molecule has 0 N–H and O–H groups in total. The number of thiazole rings is 1. The number of aromatic nitrogens is 1. The molecule has 1 saturated heterocycles. The lowest BCUT2D eigenvalue weighted by Gasteiger charge is -2.41. The van der Waals surface area contributed by atoms with Crippen molar-refractivity contribution in [1.82, 2.24) is 14.8 Å². The minimum absolute atomic E-state index is 0.109. The Hall–Kier alpha value is -1.72. The topological polar surface area (TPSA) is 36.4 Å². The summed E-state index contributed by atoms with van der Waals surface area (Å²) in [5.41, 5.74) is 3.66. The van der Waals surface area contributed by atoms with Gasteiger partial charge in [-0.05, 0) is 43.2 Å². The van der Waals surface area contributed by atoms with E-state index in [1.807, 2.05) is 10.3 Å². The largest absolute Gasteiger partial charge is 0.335 e. The van der Waals surface area contributed by atoms with E-state index >= 15 is 0 Å². The van der Waals surface area contributed by atoms with E-state index in [1.54, 1.807) is 11.3 Å². The van der Waals surface area contributed by atoms with Crippen LogP contribution in [0.1, 0.15) is 46.4 Å². The summed E-state index contributed by atoms with van der Waals surface area (Å²) in [7, 11) is 0. The quantitative estimate of drug-likeness (QED) is 0.829. The van der Waals surface area contributed by atoms with Crippen molar-refractivity contribution in [2.24, 2.45) is 0 Å².